The van der Waals surface area contributed by atoms with E-state index in [2.05, 4.69) is 26.1 Å². The second-order valence-electron chi connectivity index (χ2n) is 2.47. The van der Waals surface area contributed by atoms with Crippen LogP contribution in [-0.4, -0.2) is 10.2 Å². The molecule has 0 radical (unpaired) electrons. The Morgan fingerprint density at radius 1 is 1.50 bits per heavy atom. The molecule has 2 rings (SSSR count). The van der Waals surface area contributed by atoms with Crippen LogP contribution in [0.2, 0.25) is 0 Å². The number of H-pyrrole nitrogens is 1. The summed E-state index contributed by atoms with van der Waals surface area (Å²) in [5.74, 6) is 0. The SMILES string of the molecule is FCc1[nH]nc2c(Br)cccc12. The third kappa shape index (κ3) is 1.03. The Hall–Kier alpha value is -0.900. The Labute approximate surface area is 76.9 Å². The lowest BCUT2D eigenvalue weighted by Gasteiger charge is -1.91. The largest absolute Gasteiger partial charge is 0.279 e. The van der Waals surface area contributed by atoms with Gasteiger partial charge in [-0.25, -0.2) is 4.39 Å². The first kappa shape index (κ1) is 7.73. The quantitative estimate of drug-likeness (QED) is 0.800. The molecule has 0 aliphatic rings. The number of nitrogens with one attached hydrogen (secondary N) is 1. The first-order valence-electron chi connectivity index (χ1n) is 3.50. The first-order valence-corrected chi connectivity index (χ1v) is 4.29. The monoisotopic (exact) mass is 228 g/mol. The number of nitrogens with zero attached hydrogens (tertiary/aromatic N) is 1. The Balaban J connectivity index is 2.80. The number of benzene rings is 1. The third-order valence-electron chi connectivity index (χ3n) is 1.75. The van der Waals surface area contributed by atoms with E-state index < -0.39 is 6.67 Å². The van der Waals surface area contributed by atoms with Gasteiger partial charge in [-0.15, -0.1) is 0 Å². The van der Waals surface area contributed by atoms with Crippen LogP contribution >= 0.6 is 15.9 Å². The molecule has 1 aromatic carbocycles. The van der Waals surface area contributed by atoms with Crippen molar-refractivity contribution in [2.45, 2.75) is 6.67 Å². The maximum Gasteiger partial charge on any atom is 0.131 e. The van der Waals surface area contributed by atoms with Gasteiger partial charge in [-0.1, -0.05) is 12.1 Å². The number of hydrogen-bond donors (Lipinski definition) is 1. The summed E-state index contributed by atoms with van der Waals surface area (Å²) >= 11 is 3.33. The highest BCUT2D eigenvalue weighted by atomic mass is 79.9. The minimum Gasteiger partial charge on any atom is -0.279 e. The van der Waals surface area contributed by atoms with Crippen molar-refractivity contribution in [2.24, 2.45) is 0 Å². The highest BCUT2D eigenvalue weighted by Gasteiger charge is 2.05. The molecule has 0 saturated carbocycles. The fourth-order valence-corrected chi connectivity index (χ4v) is 1.61. The fourth-order valence-electron chi connectivity index (χ4n) is 1.16. The van der Waals surface area contributed by atoms with Crippen molar-refractivity contribution in [3.63, 3.8) is 0 Å². The topological polar surface area (TPSA) is 28.7 Å². The van der Waals surface area contributed by atoms with Crippen LogP contribution in [0.3, 0.4) is 0 Å². The van der Waals surface area contributed by atoms with E-state index in [9.17, 15) is 4.39 Å². The highest BCUT2D eigenvalue weighted by molar-refractivity contribution is 9.10. The molecule has 0 unspecified atom stereocenters. The molecule has 0 aliphatic carbocycles. The predicted molar refractivity (Wildman–Crippen MR) is 48.6 cm³/mol. The molecule has 0 saturated heterocycles. The predicted octanol–water partition coefficient (Wildman–Crippen LogP) is 2.79. The molecule has 0 amide bonds. The molecule has 2 aromatic rings. The van der Waals surface area contributed by atoms with E-state index in [1.165, 1.54) is 0 Å². The van der Waals surface area contributed by atoms with Crippen LogP contribution < -0.4 is 0 Å². The van der Waals surface area contributed by atoms with E-state index in [-0.39, 0.29) is 0 Å². The van der Waals surface area contributed by atoms with Gasteiger partial charge in [0.05, 0.1) is 5.69 Å². The molecule has 1 aromatic heterocycles. The smallest absolute Gasteiger partial charge is 0.131 e. The van der Waals surface area contributed by atoms with Crippen molar-refractivity contribution in [1.29, 1.82) is 0 Å². The van der Waals surface area contributed by atoms with Gasteiger partial charge >= 0.3 is 0 Å². The van der Waals surface area contributed by atoms with Crippen molar-refractivity contribution in [2.75, 3.05) is 0 Å². The van der Waals surface area contributed by atoms with Gasteiger partial charge in [0.25, 0.3) is 0 Å². The van der Waals surface area contributed by atoms with Gasteiger partial charge in [-0.05, 0) is 22.0 Å². The first-order chi connectivity index (χ1) is 5.83. The lowest BCUT2D eigenvalue weighted by molar-refractivity contribution is 0.477. The van der Waals surface area contributed by atoms with Gasteiger partial charge in [-0.2, -0.15) is 5.10 Å². The number of halogens is 2. The van der Waals surface area contributed by atoms with E-state index in [1.807, 2.05) is 18.2 Å². The van der Waals surface area contributed by atoms with E-state index in [0.717, 1.165) is 15.4 Å². The van der Waals surface area contributed by atoms with Crippen molar-refractivity contribution in [3.8, 4) is 0 Å². The molecular formula is C8H6BrFN2. The van der Waals surface area contributed by atoms with E-state index in [1.54, 1.807) is 0 Å². The number of rotatable bonds is 1. The van der Waals surface area contributed by atoms with E-state index in [0.29, 0.717) is 5.69 Å². The molecule has 0 aliphatic heterocycles. The van der Waals surface area contributed by atoms with Gasteiger partial charge in [0, 0.05) is 9.86 Å². The van der Waals surface area contributed by atoms with E-state index in [4.69, 9.17) is 0 Å². The molecule has 1 heterocycles. The van der Waals surface area contributed by atoms with Crippen LogP contribution in [0.1, 0.15) is 5.69 Å². The Kier molecular flexibility index (Phi) is 1.84. The number of para-hydroxylation sites is 1. The average molecular weight is 229 g/mol. The van der Waals surface area contributed by atoms with Gasteiger partial charge in [0.1, 0.15) is 12.2 Å². The molecule has 62 valence electrons. The van der Waals surface area contributed by atoms with Crippen molar-refractivity contribution < 1.29 is 4.39 Å². The van der Waals surface area contributed by atoms with E-state index >= 15 is 0 Å². The fraction of sp³-hybridized carbons (Fsp3) is 0.125. The number of fused-ring (bicyclic) bond motifs is 1. The molecular weight excluding hydrogens is 223 g/mol. The molecule has 0 bridgehead atoms. The summed E-state index contributed by atoms with van der Waals surface area (Å²) < 4.78 is 13.2. The molecule has 0 atom stereocenters. The maximum atomic E-state index is 12.3. The number of aromatic amines is 1. The summed E-state index contributed by atoms with van der Waals surface area (Å²) in [4.78, 5) is 0. The lowest BCUT2D eigenvalue weighted by Crippen LogP contribution is -1.77. The molecule has 4 heteroatoms. The summed E-state index contributed by atoms with van der Waals surface area (Å²) in [6.45, 7) is -0.507. The number of hydrogen-bond acceptors (Lipinski definition) is 1. The maximum absolute atomic E-state index is 12.3. The molecule has 1 N–H and O–H groups in total. The van der Waals surface area contributed by atoms with Crippen molar-refractivity contribution in [1.82, 2.24) is 10.2 Å². The van der Waals surface area contributed by atoms with Gasteiger partial charge in [0.15, 0.2) is 0 Å². The van der Waals surface area contributed by atoms with Crippen molar-refractivity contribution >= 4 is 26.8 Å². The summed E-state index contributed by atoms with van der Waals surface area (Å²) in [5, 5.41) is 7.47. The van der Waals surface area contributed by atoms with Crippen LogP contribution in [0.25, 0.3) is 10.9 Å². The molecule has 2 nitrogen and oxygen atoms in total. The summed E-state index contributed by atoms with van der Waals surface area (Å²) in [7, 11) is 0. The second kappa shape index (κ2) is 2.86. The zero-order valence-electron chi connectivity index (χ0n) is 6.14. The van der Waals surface area contributed by atoms with Gasteiger partial charge in [0.2, 0.25) is 0 Å². The minimum atomic E-state index is -0.507. The number of alkyl halides is 1. The van der Waals surface area contributed by atoms with Crippen molar-refractivity contribution in [3.05, 3.63) is 28.4 Å². The van der Waals surface area contributed by atoms with Crippen LogP contribution in [-0.2, 0) is 6.67 Å². The standard InChI is InChI=1S/C8H6BrFN2/c9-6-3-1-2-5-7(4-10)11-12-8(5)6/h1-3H,4H2,(H,11,12). The Morgan fingerprint density at radius 2 is 2.33 bits per heavy atom. The normalized spacial score (nSPS) is 10.8. The van der Waals surface area contributed by atoms with Crippen LogP contribution in [0.4, 0.5) is 4.39 Å². The lowest BCUT2D eigenvalue weighted by atomic mass is 10.2. The minimum absolute atomic E-state index is 0.507. The second-order valence-corrected chi connectivity index (χ2v) is 3.33. The average Bonchev–Trinajstić information content (AvgIpc) is 2.49. The molecule has 12 heavy (non-hydrogen) atoms. The van der Waals surface area contributed by atoms with Gasteiger partial charge in [-0.3, -0.25) is 5.10 Å². The van der Waals surface area contributed by atoms with Crippen LogP contribution in [0.15, 0.2) is 22.7 Å². The summed E-state index contributed by atoms with van der Waals surface area (Å²) in [6, 6.07) is 5.59. The van der Waals surface area contributed by atoms with Gasteiger partial charge < -0.3 is 0 Å². The number of aromatic nitrogens is 2. The third-order valence-corrected chi connectivity index (χ3v) is 2.39. The molecule has 0 fully saturated rings. The Bertz CT molecular complexity index is 410. The molecule has 0 spiro atoms. The zero-order chi connectivity index (χ0) is 8.55. The zero-order valence-corrected chi connectivity index (χ0v) is 7.73. The highest BCUT2D eigenvalue weighted by Crippen LogP contribution is 2.24. The summed E-state index contributed by atoms with van der Waals surface area (Å²) in [6.07, 6.45) is 0. The Morgan fingerprint density at radius 3 is 3.08 bits per heavy atom. The van der Waals surface area contributed by atoms with Crippen LogP contribution in [0, 0.1) is 0 Å². The summed E-state index contributed by atoms with van der Waals surface area (Å²) in [5.41, 5.74) is 1.32. The van der Waals surface area contributed by atoms with Crippen LogP contribution in [0.5, 0.6) is 0 Å².